The second kappa shape index (κ2) is 5.85. The van der Waals surface area contributed by atoms with Gasteiger partial charge < -0.3 is 9.42 Å². The summed E-state index contributed by atoms with van der Waals surface area (Å²) in [6.07, 6.45) is 2.32. The molecule has 110 valence electrons. The van der Waals surface area contributed by atoms with E-state index in [0.717, 1.165) is 24.9 Å². The van der Waals surface area contributed by atoms with Gasteiger partial charge in [0.05, 0.1) is 0 Å². The number of hydrogen-bond acceptors (Lipinski definition) is 4. The van der Waals surface area contributed by atoms with Gasteiger partial charge in [-0.25, -0.2) is 0 Å². The van der Waals surface area contributed by atoms with E-state index in [1.165, 1.54) is 0 Å². The molecule has 5 nitrogen and oxygen atoms in total. The van der Waals surface area contributed by atoms with Crippen LogP contribution in [0.4, 0.5) is 0 Å². The van der Waals surface area contributed by atoms with E-state index >= 15 is 0 Å². The Labute approximate surface area is 127 Å². The van der Waals surface area contributed by atoms with Crippen molar-refractivity contribution in [2.45, 2.75) is 32.2 Å². The Morgan fingerprint density at radius 2 is 2.38 bits per heavy atom. The first-order chi connectivity index (χ1) is 10.2. The van der Waals surface area contributed by atoms with Gasteiger partial charge in [-0.15, -0.1) is 0 Å². The van der Waals surface area contributed by atoms with Crippen LogP contribution in [0.1, 0.15) is 38.1 Å². The van der Waals surface area contributed by atoms with Crippen molar-refractivity contribution in [1.29, 1.82) is 0 Å². The number of aromatic nitrogens is 2. The van der Waals surface area contributed by atoms with Gasteiger partial charge in [-0.1, -0.05) is 35.8 Å². The number of carbonyl (C=O) groups is 1. The van der Waals surface area contributed by atoms with Crippen LogP contribution in [0.3, 0.4) is 0 Å². The topological polar surface area (TPSA) is 59.2 Å². The minimum Gasteiger partial charge on any atom is -0.337 e. The highest BCUT2D eigenvalue weighted by Gasteiger charge is 2.33. The summed E-state index contributed by atoms with van der Waals surface area (Å²) >= 11 is 5.97. The summed E-state index contributed by atoms with van der Waals surface area (Å²) in [6, 6.07) is 7.21. The minimum absolute atomic E-state index is 0.0992. The van der Waals surface area contributed by atoms with Gasteiger partial charge in [0.2, 0.25) is 17.6 Å². The second-order valence-corrected chi connectivity index (χ2v) is 5.50. The Kier molecular flexibility index (Phi) is 3.92. The molecule has 1 aliphatic rings. The van der Waals surface area contributed by atoms with E-state index in [9.17, 15) is 4.79 Å². The molecule has 1 fully saturated rings. The summed E-state index contributed by atoms with van der Waals surface area (Å²) in [4.78, 5) is 18.2. The van der Waals surface area contributed by atoms with Crippen LogP contribution < -0.4 is 0 Å². The highest BCUT2D eigenvalue weighted by Crippen LogP contribution is 2.32. The molecule has 0 bridgehead atoms. The molecule has 1 aromatic heterocycles. The molecule has 1 aliphatic heterocycles. The van der Waals surface area contributed by atoms with Crippen molar-refractivity contribution < 1.29 is 9.32 Å². The van der Waals surface area contributed by atoms with Crippen molar-refractivity contribution in [1.82, 2.24) is 15.0 Å². The molecular formula is C15H16ClN3O2. The molecule has 0 radical (unpaired) electrons. The smallest absolute Gasteiger partial charge is 0.249 e. The lowest BCUT2D eigenvalue weighted by Crippen LogP contribution is -2.29. The zero-order valence-corrected chi connectivity index (χ0v) is 12.5. The largest absolute Gasteiger partial charge is 0.337 e. The molecule has 0 spiro atoms. The first kappa shape index (κ1) is 14.1. The summed E-state index contributed by atoms with van der Waals surface area (Å²) in [5, 5.41) is 4.64. The van der Waals surface area contributed by atoms with Crippen LogP contribution in [0.25, 0.3) is 11.4 Å². The lowest BCUT2D eigenvalue weighted by molar-refractivity contribution is -0.132. The number of carbonyl (C=O) groups excluding carboxylic acids is 1. The number of benzene rings is 1. The fraction of sp³-hybridized carbons (Fsp3) is 0.400. The van der Waals surface area contributed by atoms with Crippen LogP contribution >= 0.6 is 11.6 Å². The van der Waals surface area contributed by atoms with Crippen LogP contribution in [0.15, 0.2) is 28.8 Å². The molecule has 21 heavy (non-hydrogen) atoms. The average molecular weight is 306 g/mol. The van der Waals surface area contributed by atoms with Crippen LogP contribution in [0.5, 0.6) is 0 Å². The van der Waals surface area contributed by atoms with Crippen molar-refractivity contribution >= 4 is 17.5 Å². The number of likely N-dealkylation sites (tertiary alicyclic amines) is 1. The van der Waals surface area contributed by atoms with Crippen molar-refractivity contribution in [3.05, 3.63) is 35.2 Å². The third kappa shape index (κ3) is 2.78. The lowest BCUT2D eigenvalue weighted by Gasteiger charge is -2.20. The summed E-state index contributed by atoms with van der Waals surface area (Å²) in [5.74, 6) is 1.13. The summed E-state index contributed by atoms with van der Waals surface area (Å²) < 4.78 is 5.37. The van der Waals surface area contributed by atoms with Gasteiger partial charge in [0, 0.05) is 23.6 Å². The van der Waals surface area contributed by atoms with Crippen molar-refractivity contribution in [3.63, 3.8) is 0 Å². The van der Waals surface area contributed by atoms with E-state index in [0.29, 0.717) is 23.2 Å². The number of halogens is 1. The van der Waals surface area contributed by atoms with Crippen LogP contribution in [-0.4, -0.2) is 27.5 Å². The fourth-order valence-corrected chi connectivity index (χ4v) is 2.83. The van der Waals surface area contributed by atoms with E-state index in [-0.39, 0.29) is 11.9 Å². The number of amides is 1. The summed E-state index contributed by atoms with van der Waals surface area (Å²) in [6.45, 7) is 2.62. The molecule has 6 heteroatoms. The Bertz CT molecular complexity index is 656. The van der Waals surface area contributed by atoms with Crippen molar-refractivity contribution in [3.8, 4) is 11.4 Å². The fourth-order valence-electron chi connectivity index (χ4n) is 2.64. The highest BCUT2D eigenvalue weighted by atomic mass is 35.5. The highest BCUT2D eigenvalue weighted by molar-refractivity contribution is 6.30. The van der Waals surface area contributed by atoms with Crippen LogP contribution in [0, 0.1) is 0 Å². The number of rotatable bonds is 3. The van der Waals surface area contributed by atoms with Gasteiger partial charge in [-0.2, -0.15) is 4.98 Å². The normalized spacial score (nSPS) is 18.2. The van der Waals surface area contributed by atoms with Gasteiger partial charge in [0.15, 0.2) is 0 Å². The second-order valence-electron chi connectivity index (χ2n) is 5.07. The molecular weight excluding hydrogens is 290 g/mol. The molecule has 2 heterocycles. The van der Waals surface area contributed by atoms with E-state index in [4.69, 9.17) is 16.1 Å². The van der Waals surface area contributed by atoms with Crippen LogP contribution in [0.2, 0.25) is 5.02 Å². The molecule has 1 atom stereocenters. The Morgan fingerprint density at radius 1 is 1.52 bits per heavy atom. The molecule has 3 rings (SSSR count). The molecule has 1 saturated heterocycles. The zero-order valence-electron chi connectivity index (χ0n) is 11.8. The Morgan fingerprint density at radius 3 is 3.14 bits per heavy atom. The van der Waals surface area contributed by atoms with Crippen molar-refractivity contribution in [2.75, 3.05) is 6.54 Å². The van der Waals surface area contributed by atoms with Gasteiger partial charge in [-0.05, 0) is 25.0 Å². The summed E-state index contributed by atoms with van der Waals surface area (Å²) in [5.41, 5.74) is 0.809. The number of nitrogens with zero attached hydrogens (tertiary/aromatic N) is 3. The SMILES string of the molecule is CCC(=O)N1CCC[C@@H]1c1nc(-c2cccc(Cl)c2)no1. The van der Waals surface area contributed by atoms with E-state index < -0.39 is 0 Å². The van der Waals surface area contributed by atoms with E-state index in [1.54, 1.807) is 12.1 Å². The predicted octanol–water partition coefficient (Wildman–Crippen LogP) is 3.46. The molecule has 1 aromatic carbocycles. The quantitative estimate of drug-likeness (QED) is 0.871. The summed E-state index contributed by atoms with van der Waals surface area (Å²) in [7, 11) is 0. The van der Waals surface area contributed by atoms with Crippen LogP contribution in [-0.2, 0) is 4.79 Å². The molecule has 0 N–H and O–H groups in total. The van der Waals surface area contributed by atoms with Gasteiger partial charge >= 0.3 is 0 Å². The molecule has 2 aromatic rings. The predicted molar refractivity (Wildman–Crippen MR) is 78.7 cm³/mol. The maximum atomic E-state index is 11.9. The minimum atomic E-state index is -0.0992. The Balaban J connectivity index is 1.86. The molecule has 0 aliphatic carbocycles. The van der Waals surface area contributed by atoms with Crippen molar-refractivity contribution in [2.24, 2.45) is 0 Å². The first-order valence-corrected chi connectivity index (χ1v) is 7.46. The monoisotopic (exact) mass is 305 g/mol. The third-order valence-corrected chi connectivity index (χ3v) is 3.92. The zero-order chi connectivity index (χ0) is 14.8. The molecule has 1 amide bonds. The van der Waals surface area contributed by atoms with E-state index in [1.807, 2.05) is 24.0 Å². The molecule has 0 saturated carbocycles. The first-order valence-electron chi connectivity index (χ1n) is 7.08. The average Bonchev–Trinajstić information content (AvgIpc) is 3.15. The molecule has 0 unspecified atom stereocenters. The van der Waals surface area contributed by atoms with Gasteiger partial charge in [0.1, 0.15) is 6.04 Å². The number of hydrogen-bond donors (Lipinski definition) is 0. The van der Waals surface area contributed by atoms with Gasteiger partial charge in [0.25, 0.3) is 0 Å². The lowest BCUT2D eigenvalue weighted by atomic mass is 10.2. The standard InChI is InChI=1S/C15H16ClN3O2/c1-2-13(20)19-8-4-7-12(19)15-17-14(18-21-15)10-5-3-6-11(16)9-10/h3,5-6,9,12H,2,4,7-8H2,1H3/t12-/m1/s1. The Hall–Kier alpha value is -1.88. The van der Waals surface area contributed by atoms with E-state index in [2.05, 4.69) is 10.1 Å². The third-order valence-electron chi connectivity index (χ3n) is 3.69. The maximum absolute atomic E-state index is 11.9. The van der Waals surface area contributed by atoms with Gasteiger partial charge in [-0.3, -0.25) is 4.79 Å². The maximum Gasteiger partial charge on any atom is 0.249 e.